The number of nitrogens with zero attached hydrogens (tertiary/aromatic N) is 3. The third-order valence-corrected chi connectivity index (χ3v) is 5.68. The molecule has 2 saturated heterocycles. The molecule has 2 aromatic rings. The van der Waals surface area contributed by atoms with Gasteiger partial charge in [-0.05, 0) is 24.5 Å². The van der Waals surface area contributed by atoms with Crippen molar-refractivity contribution >= 4 is 16.6 Å². The number of morpholine rings is 1. The van der Waals surface area contributed by atoms with Gasteiger partial charge in [0.2, 0.25) is 0 Å². The number of aromatic nitrogens is 1. The Labute approximate surface area is 150 Å². The monoisotopic (exact) mass is 339 g/mol. The first kappa shape index (κ1) is 16.8. The van der Waals surface area contributed by atoms with Gasteiger partial charge in [-0.25, -0.2) is 0 Å². The Morgan fingerprint density at radius 1 is 1.16 bits per heavy atom. The van der Waals surface area contributed by atoms with Crippen molar-refractivity contribution in [2.75, 3.05) is 44.3 Å². The molecule has 2 aliphatic rings. The average Bonchev–Trinajstić information content (AvgIpc) is 3.04. The zero-order valence-corrected chi connectivity index (χ0v) is 15.4. The molecule has 1 aromatic heterocycles. The van der Waals surface area contributed by atoms with Crippen molar-refractivity contribution in [2.45, 2.75) is 32.7 Å². The van der Waals surface area contributed by atoms with E-state index in [4.69, 9.17) is 9.72 Å². The summed E-state index contributed by atoms with van der Waals surface area (Å²) < 4.78 is 5.54. The molecule has 1 aromatic carbocycles. The van der Waals surface area contributed by atoms with Gasteiger partial charge in [0.25, 0.3) is 0 Å². The first-order valence-corrected chi connectivity index (χ1v) is 9.71. The summed E-state index contributed by atoms with van der Waals surface area (Å²) in [5.41, 5.74) is 3.72. The molecule has 2 fully saturated rings. The van der Waals surface area contributed by atoms with E-state index >= 15 is 0 Å². The minimum Gasteiger partial charge on any atom is -0.379 e. The minimum atomic E-state index is 0.630. The number of para-hydroxylation sites is 1. The molecule has 4 rings (SSSR count). The van der Waals surface area contributed by atoms with Crippen LogP contribution in [0.5, 0.6) is 0 Å². The molecule has 4 heteroatoms. The highest BCUT2D eigenvalue weighted by Gasteiger charge is 2.35. The fourth-order valence-electron chi connectivity index (χ4n) is 4.39. The fraction of sp³-hybridized carbons (Fsp3) is 0.571. The summed E-state index contributed by atoms with van der Waals surface area (Å²) in [4.78, 5) is 10.1. The summed E-state index contributed by atoms with van der Waals surface area (Å²) in [5, 5.41) is 1.29. The van der Waals surface area contributed by atoms with E-state index in [-0.39, 0.29) is 0 Å². The van der Waals surface area contributed by atoms with E-state index in [0.717, 1.165) is 57.8 Å². The summed E-state index contributed by atoms with van der Waals surface area (Å²) in [5.74, 6) is 0.680. The van der Waals surface area contributed by atoms with Crippen molar-refractivity contribution in [3.05, 3.63) is 36.0 Å². The number of pyridine rings is 1. The Kier molecular flexibility index (Phi) is 4.91. The SMILES string of the molecule is CCCc1cc(N2CC(C)C(N3CCOCC3)C2)c2ccccc2n1. The standard InChI is InChI=1S/C21H29N3O/c1-3-6-17-13-20(18-7-4-5-8-19(18)22-17)24-14-16(2)21(15-24)23-9-11-25-12-10-23/h4-5,7-8,13,16,21H,3,6,9-12,14-15H2,1-2H3. The summed E-state index contributed by atoms with van der Waals surface area (Å²) in [6.07, 6.45) is 2.19. The lowest BCUT2D eigenvalue weighted by atomic mass is 10.0. The Morgan fingerprint density at radius 2 is 1.96 bits per heavy atom. The maximum Gasteiger partial charge on any atom is 0.0726 e. The molecule has 0 amide bonds. The molecule has 2 atom stereocenters. The van der Waals surface area contributed by atoms with Gasteiger partial charge in [-0.2, -0.15) is 0 Å². The number of rotatable bonds is 4. The van der Waals surface area contributed by atoms with Crippen LogP contribution in [0.1, 0.15) is 26.0 Å². The molecule has 4 nitrogen and oxygen atoms in total. The van der Waals surface area contributed by atoms with Crippen molar-refractivity contribution in [1.82, 2.24) is 9.88 Å². The van der Waals surface area contributed by atoms with Crippen LogP contribution in [0.4, 0.5) is 5.69 Å². The highest BCUT2D eigenvalue weighted by Crippen LogP contribution is 2.33. The largest absolute Gasteiger partial charge is 0.379 e. The van der Waals surface area contributed by atoms with E-state index in [0.29, 0.717) is 12.0 Å². The van der Waals surface area contributed by atoms with Gasteiger partial charge in [0.05, 0.1) is 18.7 Å². The second-order valence-corrected chi connectivity index (χ2v) is 7.50. The van der Waals surface area contributed by atoms with Crippen molar-refractivity contribution in [3.8, 4) is 0 Å². The van der Waals surface area contributed by atoms with E-state index in [1.165, 1.54) is 16.8 Å². The Balaban J connectivity index is 1.64. The average molecular weight is 339 g/mol. The normalized spacial score (nSPS) is 25.0. The lowest BCUT2D eigenvalue weighted by Crippen LogP contribution is -2.46. The van der Waals surface area contributed by atoms with Crippen molar-refractivity contribution in [2.24, 2.45) is 5.92 Å². The Bertz CT molecular complexity index is 726. The number of hydrogen-bond donors (Lipinski definition) is 0. The molecule has 0 saturated carbocycles. The van der Waals surface area contributed by atoms with E-state index in [2.05, 4.69) is 54.0 Å². The number of benzene rings is 1. The molecule has 0 radical (unpaired) electrons. The van der Waals surface area contributed by atoms with E-state index in [1.54, 1.807) is 0 Å². The van der Waals surface area contributed by atoms with Crippen LogP contribution >= 0.6 is 0 Å². The maximum atomic E-state index is 5.54. The van der Waals surface area contributed by atoms with Crippen LogP contribution in [-0.2, 0) is 11.2 Å². The van der Waals surface area contributed by atoms with Crippen LogP contribution in [0, 0.1) is 5.92 Å². The molecule has 0 bridgehead atoms. The van der Waals surface area contributed by atoms with Crippen LogP contribution in [0.25, 0.3) is 10.9 Å². The number of anilines is 1. The smallest absolute Gasteiger partial charge is 0.0726 e. The van der Waals surface area contributed by atoms with Crippen molar-refractivity contribution < 1.29 is 4.74 Å². The Hall–Kier alpha value is -1.65. The summed E-state index contributed by atoms with van der Waals surface area (Å²) in [7, 11) is 0. The number of aryl methyl sites for hydroxylation is 1. The summed E-state index contributed by atoms with van der Waals surface area (Å²) in [6, 6.07) is 11.6. The molecule has 0 spiro atoms. The highest BCUT2D eigenvalue weighted by atomic mass is 16.5. The third kappa shape index (κ3) is 3.38. The van der Waals surface area contributed by atoms with Crippen LogP contribution in [0.3, 0.4) is 0 Å². The molecule has 2 unspecified atom stereocenters. The van der Waals surface area contributed by atoms with Gasteiger partial charge in [-0.3, -0.25) is 9.88 Å². The van der Waals surface area contributed by atoms with Gasteiger partial charge in [0.1, 0.15) is 0 Å². The van der Waals surface area contributed by atoms with Crippen LogP contribution in [0.15, 0.2) is 30.3 Å². The number of fused-ring (bicyclic) bond motifs is 1. The van der Waals surface area contributed by atoms with E-state index < -0.39 is 0 Å². The van der Waals surface area contributed by atoms with Crippen LogP contribution in [0.2, 0.25) is 0 Å². The summed E-state index contributed by atoms with van der Waals surface area (Å²) in [6.45, 7) is 10.8. The lowest BCUT2D eigenvalue weighted by molar-refractivity contribution is 0.0134. The zero-order chi connectivity index (χ0) is 17.2. The van der Waals surface area contributed by atoms with Gasteiger partial charge >= 0.3 is 0 Å². The van der Waals surface area contributed by atoms with E-state index in [9.17, 15) is 0 Å². The zero-order valence-electron chi connectivity index (χ0n) is 15.4. The first-order valence-electron chi connectivity index (χ1n) is 9.71. The molecule has 3 heterocycles. The predicted octanol–water partition coefficient (Wildman–Crippen LogP) is 3.34. The second-order valence-electron chi connectivity index (χ2n) is 7.50. The van der Waals surface area contributed by atoms with Crippen molar-refractivity contribution in [3.63, 3.8) is 0 Å². The fourth-order valence-corrected chi connectivity index (χ4v) is 4.39. The van der Waals surface area contributed by atoms with Gasteiger partial charge in [0.15, 0.2) is 0 Å². The quantitative estimate of drug-likeness (QED) is 0.854. The second kappa shape index (κ2) is 7.30. The topological polar surface area (TPSA) is 28.6 Å². The third-order valence-electron chi connectivity index (χ3n) is 5.68. The Morgan fingerprint density at radius 3 is 2.76 bits per heavy atom. The van der Waals surface area contributed by atoms with Crippen LogP contribution < -0.4 is 4.90 Å². The molecule has 0 aliphatic carbocycles. The van der Waals surface area contributed by atoms with Gasteiger partial charge < -0.3 is 9.64 Å². The minimum absolute atomic E-state index is 0.630. The molecular weight excluding hydrogens is 310 g/mol. The maximum absolute atomic E-state index is 5.54. The number of ether oxygens (including phenoxy) is 1. The molecule has 134 valence electrons. The highest BCUT2D eigenvalue weighted by molar-refractivity contribution is 5.92. The molecule has 2 aliphatic heterocycles. The first-order chi connectivity index (χ1) is 12.3. The van der Waals surface area contributed by atoms with Crippen molar-refractivity contribution in [1.29, 1.82) is 0 Å². The van der Waals surface area contributed by atoms with Gasteiger partial charge in [-0.1, -0.05) is 38.5 Å². The molecule has 0 N–H and O–H groups in total. The molecular formula is C21H29N3O. The molecule has 25 heavy (non-hydrogen) atoms. The van der Waals surface area contributed by atoms with Gasteiger partial charge in [0, 0.05) is 49.0 Å². The lowest BCUT2D eigenvalue weighted by Gasteiger charge is -2.34. The number of hydrogen-bond acceptors (Lipinski definition) is 4. The summed E-state index contributed by atoms with van der Waals surface area (Å²) >= 11 is 0. The van der Waals surface area contributed by atoms with Crippen LogP contribution in [-0.4, -0.2) is 55.3 Å². The van der Waals surface area contributed by atoms with E-state index in [1.807, 2.05) is 0 Å². The predicted molar refractivity (Wildman–Crippen MR) is 103 cm³/mol. The van der Waals surface area contributed by atoms with Gasteiger partial charge in [-0.15, -0.1) is 0 Å².